The van der Waals surface area contributed by atoms with Crippen LogP contribution in [0.5, 0.6) is 5.75 Å². The molecule has 0 bridgehead atoms. The van der Waals surface area contributed by atoms with Crippen LogP contribution in [0.3, 0.4) is 0 Å². The third kappa shape index (κ3) is 4.47. The molecule has 2 rings (SSSR count). The molecule has 0 spiro atoms. The SMILES string of the molecule is Cc1cccc(OCC(=O)ON=C(N)c2ccccc2Cl)c1C. The molecular weight excluding hydrogens is 316 g/mol. The summed E-state index contributed by atoms with van der Waals surface area (Å²) in [7, 11) is 0. The average Bonchev–Trinajstić information content (AvgIpc) is 2.54. The first-order valence-electron chi connectivity index (χ1n) is 6.96. The Morgan fingerprint density at radius 1 is 1.17 bits per heavy atom. The Bertz CT molecular complexity index is 744. The van der Waals surface area contributed by atoms with Crippen molar-refractivity contribution in [3.63, 3.8) is 0 Å². The first-order valence-corrected chi connectivity index (χ1v) is 7.34. The number of hydrogen-bond acceptors (Lipinski definition) is 4. The lowest BCUT2D eigenvalue weighted by Gasteiger charge is -2.09. The van der Waals surface area contributed by atoms with Crippen LogP contribution in [0.2, 0.25) is 5.02 Å². The van der Waals surface area contributed by atoms with E-state index in [1.807, 2.05) is 26.0 Å². The van der Waals surface area contributed by atoms with Crippen molar-refractivity contribution in [1.29, 1.82) is 0 Å². The van der Waals surface area contributed by atoms with Gasteiger partial charge < -0.3 is 15.3 Å². The quantitative estimate of drug-likeness (QED) is 0.395. The number of nitrogens with zero attached hydrogens (tertiary/aromatic N) is 1. The second-order valence-electron chi connectivity index (χ2n) is 4.91. The third-order valence-electron chi connectivity index (χ3n) is 3.30. The van der Waals surface area contributed by atoms with Gasteiger partial charge in [-0.1, -0.05) is 41.0 Å². The lowest BCUT2D eigenvalue weighted by molar-refractivity contribution is -0.146. The molecule has 0 atom stereocenters. The second kappa shape index (κ2) is 7.65. The largest absolute Gasteiger partial charge is 0.482 e. The predicted octanol–water partition coefficient (Wildman–Crippen LogP) is 3.20. The molecule has 2 N–H and O–H groups in total. The van der Waals surface area contributed by atoms with Gasteiger partial charge in [0.15, 0.2) is 12.4 Å². The minimum Gasteiger partial charge on any atom is -0.482 e. The van der Waals surface area contributed by atoms with Gasteiger partial charge in [0.25, 0.3) is 0 Å². The first kappa shape index (κ1) is 16.8. The zero-order valence-corrected chi connectivity index (χ0v) is 13.6. The maximum absolute atomic E-state index is 11.7. The molecule has 0 unspecified atom stereocenters. The molecule has 23 heavy (non-hydrogen) atoms. The summed E-state index contributed by atoms with van der Waals surface area (Å²) < 4.78 is 5.43. The lowest BCUT2D eigenvalue weighted by atomic mass is 10.1. The summed E-state index contributed by atoms with van der Waals surface area (Å²) >= 11 is 5.98. The molecule has 0 aliphatic rings. The molecule has 0 aliphatic heterocycles. The average molecular weight is 333 g/mol. The molecule has 6 heteroatoms. The predicted molar refractivity (Wildman–Crippen MR) is 89.7 cm³/mol. The second-order valence-corrected chi connectivity index (χ2v) is 5.31. The molecule has 120 valence electrons. The summed E-state index contributed by atoms with van der Waals surface area (Å²) in [5, 5.41) is 4.02. The zero-order chi connectivity index (χ0) is 16.8. The molecule has 0 saturated carbocycles. The van der Waals surface area contributed by atoms with Gasteiger partial charge >= 0.3 is 5.97 Å². The number of aryl methyl sites for hydroxylation is 1. The Labute approximate surface area is 139 Å². The van der Waals surface area contributed by atoms with Crippen LogP contribution in [0.15, 0.2) is 47.6 Å². The fourth-order valence-electron chi connectivity index (χ4n) is 1.86. The topological polar surface area (TPSA) is 73.9 Å². The molecule has 0 aromatic heterocycles. The summed E-state index contributed by atoms with van der Waals surface area (Å²) in [5.41, 5.74) is 8.29. The van der Waals surface area contributed by atoms with Crippen molar-refractivity contribution in [3.8, 4) is 5.75 Å². The van der Waals surface area contributed by atoms with Crippen molar-refractivity contribution >= 4 is 23.4 Å². The number of nitrogens with two attached hydrogens (primary N) is 1. The van der Waals surface area contributed by atoms with Gasteiger partial charge in [-0.25, -0.2) is 4.79 Å². The first-order chi connectivity index (χ1) is 11.0. The maximum atomic E-state index is 11.7. The fourth-order valence-corrected chi connectivity index (χ4v) is 2.09. The molecule has 2 aromatic rings. The van der Waals surface area contributed by atoms with Gasteiger partial charge in [-0.3, -0.25) is 0 Å². The van der Waals surface area contributed by atoms with Crippen LogP contribution in [0, 0.1) is 13.8 Å². The van der Waals surface area contributed by atoms with E-state index in [0.717, 1.165) is 11.1 Å². The van der Waals surface area contributed by atoms with E-state index in [4.69, 9.17) is 26.9 Å². The van der Waals surface area contributed by atoms with Gasteiger partial charge in [-0.05, 0) is 43.2 Å². The van der Waals surface area contributed by atoms with Crippen molar-refractivity contribution in [2.45, 2.75) is 13.8 Å². The molecule has 0 fully saturated rings. The van der Waals surface area contributed by atoms with Crippen molar-refractivity contribution in [1.82, 2.24) is 0 Å². The lowest BCUT2D eigenvalue weighted by Crippen LogP contribution is -2.18. The molecule has 0 radical (unpaired) electrons. The fraction of sp³-hybridized carbons (Fsp3) is 0.176. The highest BCUT2D eigenvalue weighted by Crippen LogP contribution is 2.20. The van der Waals surface area contributed by atoms with Crippen LogP contribution in [-0.2, 0) is 9.63 Å². The minimum atomic E-state index is -0.652. The smallest absolute Gasteiger partial charge is 0.372 e. The van der Waals surface area contributed by atoms with Gasteiger partial charge in [-0.15, -0.1) is 0 Å². The van der Waals surface area contributed by atoms with Gasteiger partial charge in [0.2, 0.25) is 0 Å². The van der Waals surface area contributed by atoms with Crippen molar-refractivity contribution in [2.75, 3.05) is 6.61 Å². The molecule has 0 aliphatic carbocycles. The van der Waals surface area contributed by atoms with E-state index in [-0.39, 0.29) is 12.4 Å². The number of carbonyl (C=O) groups excluding carboxylic acids is 1. The summed E-state index contributed by atoms with van der Waals surface area (Å²) in [6.45, 7) is 3.63. The highest BCUT2D eigenvalue weighted by molar-refractivity contribution is 6.34. The van der Waals surface area contributed by atoms with Crippen LogP contribution in [0.1, 0.15) is 16.7 Å². The summed E-state index contributed by atoms with van der Waals surface area (Å²) in [6, 6.07) is 12.5. The number of ether oxygens (including phenoxy) is 1. The monoisotopic (exact) mass is 332 g/mol. The molecule has 0 saturated heterocycles. The Balaban J connectivity index is 1.94. The van der Waals surface area contributed by atoms with Crippen LogP contribution >= 0.6 is 11.6 Å². The third-order valence-corrected chi connectivity index (χ3v) is 3.63. The number of rotatable bonds is 5. The number of benzene rings is 2. The highest BCUT2D eigenvalue weighted by atomic mass is 35.5. The van der Waals surface area contributed by atoms with E-state index >= 15 is 0 Å². The Morgan fingerprint density at radius 3 is 2.65 bits per heavy atom. The van der Waals surface area contributed by atoms with Crippen LogP contribution in [-0.4, -0.2) is 18.4 Å². The van der Waals surface area contributed by atoms with Gasteiger partial charge in [0, 0.05) is 5.56 Å². The Hall–Kier alpha value is -2.53. The van der Waals surface area contributed by atoms with E-state index in [1.165, 1.54) is 0 Å². The number of hydrogen-bond donors (Lipinski definition) is 1. The standard InChI is InChI=1S/C17H17ClN2O3/c1-11-6-5-9-15(12(11)2)22-10-16(21)23-20-17(19)13-7-3-4-8-14(13)18/h3-9H,10H2,1-2H3,(H2,19,20). The van der Waals surface area contributed by atoms with Crippen LogP contribution in [0.25, 0.3) is 0 Å². The summed E-state index contributed by atoms with van der Waals surface area (Å²) in [6.07, 6.45) is 0. The summed E-state index contributed by atoms with van der Waals surface area (Å²) in [5.74, 6) is 0.00148. The molecular formula is C17H17ClN2O3. The minimum absolute atomic E-state index is 0.0238. The molecule has 0 heterocycles. The zero-order valence-electron chi connectivity index (χ0n) is 12.9. The Kier molecular flexibility index (Phi) is 5.60. The van der Waals surface area contributed by atoms with E-state index in [1.54, 1.807) is 30.3 Å². The van der Waals surface area contributed by atoms with E-state index < -0.39 is 5.97 Å². The van der Waals surface area contributed by atoms with Crippen molar-refractivity contribution in [3.05, 3.63) is 64.2 Å². The molecule has 0 amide bonds. The van der Waals surface area contributed by atoms with Crippen molar-refractivity contribution < 1.29 is 14.4 Å². The summed E-state index contributed by atoms with van der Waals surface area (Å²) in [4.78, 5) is 16.4. The van der Waals surface area contributed by atoms with Gasteiger partial charge in [-0.2, -0.15) is 0 Å². The highest BCUT2D eigenvalue weighted by Gasteiger charge is 2.09. The Morgan fingerprint density at radius 2 is 1.91 bits per heavy atom. The maximum Gasteiger partial charge on any atom is 0.372 e. The van der Waals surface area contributed by atoms with Gasteiger partial charge in [0.1, 0.15) is 5.75 Å². The van der Waals surface area contributed by atoms with Gasteiger partial charge in [0.05, 0.1) is 5.02 Å². The normalized spacial score (nSPS) is 11.2. The van der Waals surface area contributed by atoms with E-state index in [9.17, 15) is 4.79 Å². The molecule has 5 nitrogen and oxygen atoms in total. The van der Waals surface area contributed by atoms with E-state index in [0.29, 0.717) is 16.3 Å². The number of carbonyl (C=O) groups is 1. The number of oxime groups is 1. The van der Waals surface area contributed by atoms with Crippen molar-refractivity contribution in [2.24, 2.45) is 10.9 Å². The van der Waals surface area contributed by atoms with Crippen LogP contribution in [0.4, 0.5) is 0 Å². The number of amidine groups is 1. The van der Waals surface area contributed by atoms with Crippen LogP contribution < -0.4 is 10.5 Å². The molecule has 2 aromatic carbocycles. The number of halogens is 1. The van der Waals surface area contributed by atoms with E-state index in [2.05, 4.69) is 5.16 Å².